The SMILES string of the molecule is NC(=O)C1(OS(=O)(=O)c2cccc3cccnc23)CCC(CCN2CCN(c3cccc(C(F)(F)F)c3)CC2)CC1. The Bertz CT molecular complexity index is 1490. The van der Waals surface area contributed by atoms with Crippen molar-refractivity contribution in [2.45, 2.75) is 48.8 Å². The number of nitrogens with zero attached hydrogens (tertiary/aromatic N) is 3. The molecule has 1 saturated carbocycles. The quantitative estimate of drug-likeness (QED) is 0.383. The molecule has 220 valence electrons. The minimum atomic E-state index is -4.37. The first-order chi connectivity index (χ1) is 19.5. The van der Waals surface area contributed by atoms with Crippen molar-refractivity contribution >= 4 is 32.6 Å². The van der Waals surface area contributed by atoms with E-state index in [0.717, 1.165) is 32.1 Å². The summed E-state index contributed by atoms with van der Waals surface area (Å²) in [7, 11) is -4.31. The second-order valence-electron chi connectivity index (χ2n) is 10.8. The van der Waals surface area contributed by atoms with Crippen LogP contribution in [0.3, 0.4) is 0 Å². The maximum Gasteiger partial charge on any atom is 0.416 e. The zero-order chi connectivity index (χ0) is 29.3. The zero-order valence-electron chi connectivity index (χ0n) is 22.5. The topological polar surface area (TPSA) is 106 Å². The smallest absolute Gasteiger partial charge is 0.369 e. The van der Waals surface area contributed by atoms with Crippen LogP contribution in [0.15, 0.2) is 65.7 Å². The second-order valence-corrected chi connectivity index (χ2v) is 12.4. The van der Waals surface area contributed by atoms with E-state index in [0.29, 0.717) is 37.0 Å². The number of piperazine rings is 1. The van der Waals surface area contributed by atoms with Crippen molar-refractivity contribution in [3.63, 3.8) is 0 Å². The molecule has 2 N–H and O–H groups in total. The highest BCUT2D eigenvalue weighted by Crippen LogP contribution is 2.39. The van der Waals surface area contributed by atoms with Crippen LogP contribution in [0.2, 0.25) is 0 Å². The Morgan fingerprint density at radius 2 is 1.71 bits per heavy atom. The Morgan fingerprint density at radius 1 is 1.02 bits per heavy atom. The van der Waals surface area contributed by atoms with Crippen LogP contribution >= 0.6 is 0 Å². The number of hydrogen-bond acceptors (Lipinski definition) is 7. The molecule has 2 heterocycles. The molecule has 41 heavy (non-hydrogen) atoms. The normalized spacial score (nSPS) is 22.6. The van der Waals surface area contributed by atoms with Gasteiger partial charge in [-0.3, -0.25) is 14.7 Å². The number of anilines is 1. The van der Waals surface area contributed by atoms with Crippen molar-refractivity contribution in [1.82, 2.24) is 9.88 Å². The van der Waals surface area contributed by atoms with E-state index in [1.54, 1.807) is 30.3 Å². The van der Waals surface area contributed by atoms with Crippen LogP contribution in [0.5, 0.6) is 0 Å². The fourth-order valence-corrected chi connectivity index (χ4v) is 7.22. The molecular formula is C29H33F3N4O4S. The molecule has 0 atom stereocenters. The number of carbonyl (C=O) groups is 1. The number of rotatable bonds is 8. The number of halogens is 3. The molecule has 1 amide bonds. The predicted molar refractivity (Wildman–Crippen MR) is 149 cm³/mol. The van der Waals surface area contributed by atoms with Gasteiger partial charge in [0.15, 0.2) is 5.60 Å². The van der Waals surface area contributed by atoms with Gasteiger partial charge in [-0.25, -0.2) is 4.18 Å². The van der Waals surface area contributed by atoms with Gasteiger partial charge in [0.1, 0.15) is 4.90 Å². The number of fused-ring (bicyclic) bond motifs is 1. The molecule has 0 spiro atoms. The van der Waals surface area contributed by atoms with Crippen LogP contribution in [0.25, 0.3) is 10.9 Å². The lowest BCUT2D eigenvalue weighted by molar-refractivity contribution is -0.137. The number of aromatic nitrogens is 1. The van der Waals surface area contributed by atoms with Gasteiger partial charge in [0, 0.05) is 43.4 Å². The highest BCUT2D eigenvalue weighted by atomic mass is 32.2. The molecular weight excluding hydrogens is 557 g/mol. The van der Waals surface area contributed by atoms with Crippen LogP contribution in [0, 0.1) is 5.92 Å². The van der Waals surface area contributed by atoms with Crippen molar-refractivity contribution in [2.75, 3.05) is 37.6 Å². The van der Waals surface area contributed by atoms with Crippen LogP contribution in [-0.2, 0) is 25.3 Å². The van der Waals surface area contributed by atoms with E-state index in [9.17, 15) is 26.4 Å². The van der Waals surface area contributed by atoms with Gasteiger partial charge in [-0.1, -0.05) is 24.3 Å². The number of para-hydroxylation sites is 1. The fourth-order valence-electron chi connectivity index (χ4n) is 5.81. The summed E-state index contributed by atoms with van der Waals surface area (Å²) in [4.78, 5) is 20.9. The number of primary amides is 1. The van der Waals surface area contributed by atoms with E-state index in [1.165, 1.54) is 24.4 Å². The van der Waals surface area contributed by atoms with Gasteiger partial charge in [0.05, 0.1) is 11.1 Å². The summed E-state index contributed by atoms with van der Waals surface area (Å²) in [6, 6.07) is 13.7. The zero-order valence-corrected chi connectivity index (χ0v) is 23.3. The summed E-state index contributed by atoms with van der Waals surface area (Å²) in [5.74, 6) is -0.520. The molecule has 2 aromatic carbocycles. The van der Waals surface area contributed by atoms with Gasteiger partial charge in [0.25, 0.3) is 16.0 Å². The molecule has 8 nitrogen and oxygen atoms in total. The van der Waals surface area contributed by atoms with Crippen LogP contribution in [0.1, 0.15) is 37.7 Å². The first-order valence-electron chi connectivity index (χ1n) is 13.7. The molecule has 12 heteroatoms. The van der Waals surface area contributed by atoms with Gasteiger partial charge in [-0.05, 0) is 74.9 Å². The van der Waals surface area contributed by atoms with Gasteiger partial charge in [0.2, 0.25) is 0 Å². The van der Waals surface area contributed by atoms with Crippen molar-refractivity contribution in [3.05, 3.63) is 66.4 Å². The van der Waals surface area contributed by atoms with Crippen molar-refractivity contribution in [2.24, 2.45) is 11.7 Å². The first kappa shape index (κ1) is 29.3. The molecule has 1 aliphatic heterocycles. The average Bonchev–Trinajstić information content (AvgIpc) is 2.96. The molecule has 5 rings (SSSR count). The van der Waals surface area contributed by atoms with Crippen molar-refractivity contribution in [3.8, 4) is 0 Å². The largest absolute Gasteiger partial charge is 0.416 e. The number of benzene rings is 2. The van der Waals surface area contributed by atoms with Gasteiger partial charge in [-0.2, -0.15) is 21.6 Å². The molecule has 3 aromatic rings. The molecule has 0 unspecified atom stereocenters. The van der Waals surface area contributed by atoms with Gasteiger partial charge < -0.3 is 10.6 Å². The third kappa shape index (κ3) is 6.49. The Labute approximate surface area is 237 Å². The van der Waals surface area contributed by atoms with Crippen molar-refractivity contribution in [1.29, 1.82) is 0 Å². The number of alkyl halides is 3. The minimum Gasteiger partial charge on any atom is -0.369 e. The van der Waals surface area contributed by atoms with Gasteiger partial charge >= 0.3 is 6.18 Å². The van der Waals surface area contributed by atoms with E-state index in [2.05, 4.69) is 9.88 Å². The van der Waals surface area contributed by atoms with Crippen molar-refractivity contribution < 1.29 is 30.6 Å². The number of carbonyl (C=O) groups excluding carboxylic acids is 1. The lowest BCUT2D eigenvalue weighted by Gasteiger charge is -2.39. The maximum absolute atomic E-state index is 13.3. The molecule has 1 aliphatic carbocycles. The lowest BCUT2D eigenvalue weighted by Crippen LogP contribution is -2.50. The average molecular weight is 591 g/mol. The maximum atomic E-state index is 13.3. The Kier molecular flexibility index (Phi) is 8.27. The Hall–Kier alpha value is -3.22. The van der Waals surface area contributed by atoms with E-state index in [1.807, 2.05) is 4.90 Å². The van der Waals surface area contributed by atoms with Gasteiger partial charge in [-0.15, -0.1) is 0 Å². The number of hydrogen-bond donors (Lipinski definition) is 1. The lowest BCUT2D eigenvalue weighted by atomic mass is 9.77. The molecule has 1 saturated heterocycles. The van der Waals surface area contributed by atoms with E-state index in [-0.39, 0.29) is 29.2 Å². The molecule has 2 fully saturated rings. The molecule has 2 aliphatic rings. The standard InChI is InChI=1S/C29H33F3N4O4S/c30-29(31,32)23-6-2-7-24(20-23)36-18-16-35(17-19-36)15-11-21-9-12-28(13-10-21,27(33)37)40-41(38,39)25-8-1-4-22-5-3-14-34-26(22)25/h1-8,14,20-21H,9-13,15-19H2,(H2,33,37). The van der Waals surface area contributed by atoms with Crippen LogP contribution < -0.4 is 10.6 Å². The first-order valence-corrected chi connectivity index (χ1v) is 15.1. The van der Waals surface area contributed by atoms with Crippen LogP contribution in [-0.4, -0.2) is 62.5 Å². The Morgan fingerprint density at radius 3 is 2.39 bits per heavy atom. The minimum absolute atomic E-state index is 0.0948. The predicted octanol–water partition coefficient (Wildman–Crippen LogP) is 4.59. The summed E-state index contributed by atoms with van der Waals surface area (Å²) in [6.45, 7) is 3.53. The number of pyridine rings is 1. The van der Waals surface area contributed by atoms with E-state index < -0.39 is 33.4 Å². The van der Waals surface area contributed by atoms with E-state index in [4.69, 9.17) is 9.92 Å². The summed E-state index contributed by atoms with van der Waals surface area (Å²) >= 11 is 0. The number of amides is 1. The van der Waals surface area contributed by atoms with Crippen LogP contribution in [0.4, 0.5) is 18.9 Å². The monoisotopic (exact) mass is 590 g/mol. The summed E-state index contributed by atoms with van der Waals surface area (Å²) < 4.78 is 71.5. The summed E-state index contributed by atoms with van der Waals surface area (Å²) in [5.41, 5.74) is 4.30. The number of nitrogens with two attached hydrogens (primary N) is 1. The molecule has 0 radical (unpaired) electrons. The molecule has 1 aromatic heterocycles. The van der Waals surface area contributed by atoms with E-state index >= 15 is 0 Å². The highest BCUT2D eigenvalue weighted by Gasteiger charge is 2.46. The Balaban J connectivity index is 1.15. The molecule has 0 bridgehead atoms. The second kappa shape index (κ2) is 11.6. The highest BCUT2D eigenvalue weighted by molar-refractivity contribution is 7.87. The third-order valence-corrected chi connectivity index (χ3v) is 9.67. The fraction of sp³-hybridized carbons (Fsp3) is 0.448. The summed E-state index contributed by atoms with van der Waals surface area (Å²) in [6.07, 6.45) is -0.416. The third-order valence-electron chi connectivity index (χ3n) is 8.26. The summed E-state index contributed by atoms with van der Waals surface area (Å²) in [5, 5.41) is 0.643.